The number of benzene rings is 1. The van der Waals surface area contributed by atoms with E-state index in [2.05, 4.69) is 15.3 Å². The van der Waals surface area contributed by atoms with Crippen molar-refractivity contribution in [1.82, 2.24) is 19.7 Å². The third-order valence-corrected chi connectivity index (χ3v) is 5.15. The molecule has 2 N–H and O–H groups in total. The zero-order valence-corrected chi connectivity index (χ0v) is 17.7. The molecule has 31 heavy (non-hydrogen) atoms. The van der Waals surface area contributed by atoms with E-state index in [1.807, 2.05) is 55.8 Å². The van der Waals surface area contributed by atoms with E-state index >= 15 is 0 Å². The van der Waals surface area contributed by atoms with Crippen molar-refractivity contribution < 1.29 is 9.53 Å². The second-order valence-corrected chi connectivity index (χ2v) is 7.59. The third kappa shape index (κ3) is 4.50. The molecule has 0 bridgehead atoms. The van der Waals surface area contributed by atoms with Crippen LogP contribution in [0.15, 0.2) is 59.7 Å². The summed E-state index contributed by atoms with van der Waals surface area (Å²) in [5, 5.41) is 2.80. The number of aryl methyl sites for hydroxylation is 3. The Balaban J connectivity index is 1.36. The van der Waals surface area contributed by atoms with Gasteiger partial charge in [-0.1, -0.05) is 6.07 Å². The molecule has 0 fully saturated rings. The number of H-pyrrole nitrogens is 1. The van der Waals surface area contributed by atoms with Gasteiger partial charge in [0.25, 0.3) is 11.5 Å². The van der Waals surface area contributed by atoms with Gasteiger partial charge >= 0.3 is 0 Å². The van der Waals surface area contributed by atoms with Gasteiger partial charge in [-0.05, 0) is 68.3 Å². The Morgan fingerprint density at radius 3 is 2.61 bits per heavy atom. The third-order valence-electron chi connectivity index (χ3n) is 5.15. The molecule has 0 saturated heterocycles. The lowest BCUT2D eigenvalue weighted by molar-refractivity contribution is 0.0950. The summed E-state index contributed by atoms with van der Waals surface area (Å²) < 4.78 is 7.79. The molecule has 3 heterocycles. The van der Waals surface area contributed by atoms with E-state index in [9.17, 15) is 9.59 Å². The number of nitrogens with zero attached hydrogens (tertiary/aromatic N) is 2. The topological polar surface area (TPSA) is 88.5 Å². The summed E-state index contributed by atoms with van der Waals surface area (Å²) in [4.78, 5) is 31.9. The number of hydrogen-bond acceptors (Lipinski definition) is 4. The van der Waals surface area contributed by atoms with Gasteiger partial charge < -0.3 is 19.4 Å². The average Bonchev–Trinajstić information content (AvgIpc) is 3.16. The predicted octanol–water partition coefficient (Wildman–Crippen LogP) is 3.46. The number of aromatic nitrogens is 3. The molecular formula is C24H24N4O3. The van der Waals surface area contributed by atoms with Crippen molar-refractivity contribution in [3.8, 4) is 5.75 Å². The van der Waals surface area contributed by atoms with Crippen molar-refractivity contribution >= 4 is 11.6 Å². The molecule has 0 unspecified atom stereocenters. The second kappa shape index (κ2) is 8.47. The Labute approximate surface area is 179 Å². The van der Waals surface area contributed by atoms with Gasteiger partial charge in [-0.2, -0.15) is 0 Å². The minimum absolute atomic E-state index is 0.172. The number of pyridine rings is 2. The first kappa shape index (κ1) is 20.4. The van der Waals surface area contributed by atoms with Crippen LogP contribution in [-0.4, -0.2) is 20.3 Å². The van der Waals surface area contributed by atoms with E-state index in [0.29, 0.717) is 23.5 Å². The Morgan fingerprint density at radius 1 is 1.13 bits per heavy atom. The molecule has 7 nitrogen and oxygen atoms in total. The zero-order valence-electron chi connectivity index (χ0n) is 17.7. The summed E-state index contributed by atoms with van der Waals surface area (Å²) in [5.74, 6) is 0.401. The van der Waals surface area contributed by atoms with E-state index in [4.69, 9.17) is 4.74 Å². The molecule has 0 aliphatic heterocycles. The molecule has 4 rings (SSSR count). The van der Waals surface area contributed by atoms with E-state index < -0.39 is 0 Å². The highest BCUT2D eigenvalue weighted by Gasteiger charge is 2.10. The maximum Gasteiger partial charge on any atom is 0.253 e. The average molecular weight is 416 g/mol. The minimum Gasteiger partial charge on any atom is -0.487 e. The number of rotatable bonds is 6. The molecule has 0 saturated carbocycles. The van der Waals surface area contributed by atoms with Crippen molar-refractivity contribution in [2.45, 2.75) is 33.9 Å². The Morgan fingerprint density at radius 2 is 1.90 bits per heavy atom. The first-order chi connectivity index (χ1) is 14.9. The number of fused-ring (bicyclic) bond motifs is 1. The molecule has 7 heteroatoms. The van der Waals surface area contributed by atoms with Crippen molar-refractivity contribution in [3.63, 3.8) is 0 Å². The molecule has 0 spiro atoms. The number of hydrogen-bond donors (Lipinski definition) is 2. The molecule has 0 atom stereocenters. The van der Waals surface area contributed by atoms with Gasteiger partial charge in [0.05, 0.1) is 5.69 Å². The van der Waals surface area contributed by atoms with Gasteiger partial charge in [0.15, 0.2) is 0 Å². The molecule has 0 aliphatic rings. The molecular weight excluding hydrogens is 392 g/mol. The fourth-order valence-corrected chi connectivity index (χ4v) is 3.51. The number of ether oxygens (including phenoxy) is 1. The highest BCUT2D eigenvalue weighted by atomic mass is 16.5. The van der Waals surface area contributed by atoms with Crippen LogP contribution in [0.25, 0.3) is 5.65 Å². The lowest BCUT2D eigenvalue weighted by Gasteiger charge is -2.09. The molecule has 3 aromatic heterocycles. The number of carbonyl (C=O) groups excluding carboxylic acids is 1. The fraction of sp³-hybridized carbons (Fsp3) is 0.208. The van der Waals surface area contributed by atoms with Crippen LogP contribution < -0.4 is 15.6 Å². The number of nitrogens with one attached hydrogen (secondary N) is 2. The maximum absolute atomic E-state index is 12.5. The zero-order chi connectivity index (χ0) is 22.0. The molecule has 0 aliphatic carbocycles. The van der Waals surface area contributed by atoms with Crippen molar-refractivity contribution in [2.75, 3.05) is 0 Å². The van der Waals surface area contributed by atoms with E-state index in [0.717, 1.165) is 28.2 Å². The maximum atomic E-state index is 12.5. The van der Waals surface area contributed by atoms with Crippen LogP contribution in [0.4, 0.5) is 0 Å². The summed E-state index contributed by atoms with van der Waals surface area (Å²) >= 11 is 0. The van der Waals surface area contributed by atoms with Crippen LogP contribution in [0.2, 0.25) is 0 Å². The second-order valence-electron chi connectivity index (χ2n) is 7.59. The lowest BCUT2D eigenvalue weighted by Crippen LogP contribution is -2.27. The monoisotopic (exact) mass is 416 g/mol. The van der Waals surface area contributed by atoms with Gasteiger partial charge in [-0.15, -0.1) is 0 Å². The Bertz CT molecular complexity index is 1300. The van der Waals surface area contributed by atoms with Gasteiger partial charge in [0, 0.05) is 35.8 Å². The Kier molecular flexibility index (Phi) is 5.58. The van der Waals surface area contributed by atoms with Crippen LogP contribution >= 0.6 is 0 Å². The lowest BCUT2D eigenvalue weighted by atomic mass is 10.1. The summed E-state index contributed by atoms with van der Waals surface area (Å²) in [5.41, 5.74) is 5.37. The normalized spacial score (nSPS) is 10.9. The summed E-state index contributed by atoms with van der Waals surface area (Å²) in [6, 6.07) is 12.8. The summed E-state index contributed by atoms with van der Waals surface area (Å²) in [6.07, 6.45) is 3.90. The molecule has 0 radical (unpaired) electrons. The van der Waals surface area contributed by atoms with Crippen molar-refractivity contribution in [3.05, 3.63) is 98.9 Å². The quantitative estimate of drug-likeness (QED) is 0.504. The van der Waals surface area contributed by atoms with E-state index in [-0.39, 0.29) is 18.0 Å². The standard InChI is InChI=1S/C24H24N4O3/c1-15-5-4-10-28-13-19(27-22(15)28)14-31-20-8-6-18(7-9-20)23(29)25-12-21-16(2)11-17(3)26-24(21)30/h4-11,13H,12,14H2,1-3H3,(H,25,29)(H,26,30). The van der Waals surface area contributed by atoms with E-state index in [1.165, 1.54) is 0 Å². The molecule has 158 valence electrons. The summed E-state index contributed by atoms with van der Waals surface area (Å²) in [7, 11) is 0. The minimum atomic E-state index is -0.248. The smallest absolute Gasteiger partial charge is 0.253 e. The van der Waals surface area contributed by atoms with Crippen LogP contribution in [0.1, 0.15) is 38.4 Å². The first-order valence-electron chi connectivity index (χ1n) is 10.0. The van der Waals surface area contributed by atoms with Gasteiger partial charge in [-0.25, -0.2) is 4.98 Å². The van der Waals surface area contributed by atoms with Crippen molar-refractivity contribution in [2.24, 2.45) is 0 Å². The first-order valence-corrected chi connectivity index (χ1v) is 10.0. The molecule has 4 aromatic rings. The number of imidazole rings is 1. The number of amides is 1. The van der Waals surface area contributed by atoms with Crippen LogP contribution in [-0.2, 0) is 13.2 Å². The van der Waals surface area contributed by atoms with Crippen LogP contribution in [0, 0.1) is 20.8 Å². The van der Waals surface area contributed by atoms with Gasteiger partial charge in [-0.3, -0.25) is 9.59 Å². The van der Waals surface area contributed by atoms with Crippen LogP contribution in [0.3, 0.4) is 0 Å². The SMILES string of the molecule is Cc1cc(C)c(CNC(=O)c2ccc(OCc3cn4cccc(C)c4n3)cc2)c(=O)[nH]1. The summed E-state index contributed by atoms with van der Waals surface area (Å²) in [6.45, 7) is 6.22. The van der Waals surface area contributed by atoms with Crippen LogP contribution in [0.5, 0.6) is 5.75 Å². The van der Waals surface area contributed by atoms with Crippen molar-refractivity contribution in [1.29, 1.82) is 0 Å². The highest BCUT2D eigenvalue weighted by molar-refractivity contribution is 5.94. The van der Waals surface area contributed by atoms with Gasteiger partial charge in [0.2, 0.25) is 0 Å². The fourth-order valence-electron chi connectivity index (χ4n) is 3.51. The largest absolute Gasteiger partial charge is 0.487 e. The van der Waals surface area contributed by atoms with E-state index in [1.54, 1.807) is 24.3 Å². The molecule has 1 aromatic carbocycles. The predicted molar refractivity (Wildman–Crippen MR) is 118 cm³/mol. The Hall–Kier alpha value is -3.87. The number of carbonyl (C=O) groups is 1. The van der Waals surface area contributed by atoms with Gasteiger partial charge in [0.1, 0.15) is 18.0 Å². The highest BCUT2D eigenvalue weighted by Crippen LogP contribution is 2.16. The number of aromatic amines is 1. The molecule has 1 amide bonds.